The number of hydrazone groups is 1. The third-order valence-electron chi connectivity index (χ3n) is 1.62. The quantitative estimate of drug-likeness (QED) is 0.417. The Morgan fingerprint density at radius 2 is 1.90 bits per heavy atom. The first-order valence-corrected chi connectivity index (χ1v) is 3.66. The highest BCUT2D eigenvalue weighted by Gasteiger charge is 2.05. The molecule has 1 saturated heterocycles. The van der Waals surface area contributed by atoms with Gasteiger partial charge in [-0.05, 0) is 19.3 Å². The van der Waals surface area contributed by atoms with Crippen molar-refractivity contribution in [1.29, 1.82) is 0 Å². The summed E-state index contributed by atoms with van der Waals surface area (Å²) in [5, 5.41) is 5.88. The molecular weight excluding hydrogens is 128 g/mol. The third-order valence-corrected chi connectivity index (χ3v) is 1.62. The Morgan fingerprint density at radius 1 is 1.20 bits per heavy atom. The van der Waals surface area contributed by atoms with Crippen LogP contribution in [0.5, 0.6) is 0 Å². The van der Waals surface area contributed by atoms with Gasteiger partial charge in [-0.3, -0.25) is 9.80 Å². The molecule has 56 valence electrons. The summed E-state index contributed by atoms with van der Waals surface area (Å²) in [6.07, 6.45) is 5.74. The molecule has 0 aromatic rings. The maximum atomic E-state index is 9.87. The molecule has 0 radical (unpaired) electrons. The number of nitrogens with zero attached hydrogens (tertiary/aromatic N) is 2. The highest BCUT2D eigenvalue weighted by Crippen LogP contribution is 2.07. The molecule has 1 aliphatic heterocycles. The van der Waals surface area contributed by atoms with Crippen LogP contribution in [-0.4, -0.2) is 30.6 Å². The van der Waals surface area contributed by atoms with E-state index in [9.17, 15) is 4.79 Å². The maximum Gasteiger partial charge on any atom is 0.162 e. The van der Waals surface area contributed by atoms with Crippen molar-refractivity contribution in [3.63, 3.8) is 0 Å². The van der Waals surface area contributed by atoms with Crippen LogP contribution < -0.4 is 0 Å². The fraction of sp³-hybridized carbons (Fsp3) is 0.714. The monoisotopic (exact) mass is 140 g/mol. The molecule has 1 fully saturated rings. The lowest BCUT2D eigenvalue weighted by Crippen LogP contribution is -2.24. The lowest BCUT2D eigenvalue weighted by Gasteiger charge is -2.22. The van der Waals surface area contributed by atoms with Gasteiger partial charge in [0, 0.05) is 13.1 Å². The van der Waals surface area contributed by atoms with Gasteiger partial charge in [-0.15, -0.1) is 0 Å². The van der Waals surface area contributed by atoms with Crippen LogP contribution in [0, 0.1) is 0 Å². The van der Waals surface area contributed by atoms with E-state index in [0.29, 0.717) is 6.29 Å². The van der Waals surface area contributed by atoms with E-state index in [-0.39, 0.29) is 0 Å². The number of aldehydes is 1. The predicted molar refractivity (Wildman–Crippen MR) is 40.0 cm³/mol. The Labute approximate surface area is 60.7 Å². The Bertz CT molecular complexity index is 128. The van der Waals surface area contributed by atoms with Crippen molar-refractivity contribution in [1.82, 2.24) is 5.01 Å². The molecule has 0 N–H and O–H groups in total. The Hall–Kier alpha value is -0.860. The molecule has 0 unspecified atom stereocenters. The van der Waals surface area contributed by atoms with Gasteiger partial charge >= 0.3 is 0 Å². The van der Waals surface area contributed by atoms with E-state index in [0.717, 1.165) is 13.1 Å². The Morgan fingerprint density at radius 3 is 2.50 bits per heavy atom. The second kappa shape index (κ2) is 4.04. The zero-order valence-corrected chi connectivity index (χ0v) is 5.99. The van der Waals surface area contributed by atoms with Crippen LogP contribution >= 0.6 is 0 Å². The molecule has 1 rings (SSSR count). The standard InChI is InChI=1S/C7H12N2O/c10-7-4-8-9-5-2-1-3-6-9/h4,7H,1-3,5-6H2. The van der Waals surface area contributed by atoms with Gasteiger partial charge < -0.3 is 0 Å². The highest BCUT2D eigenvalue weighted by atomic mass is 16.1. The van der Waals surface area contributed by atoms with E-state index in [1.807, 2.05) is 5.01 Å². The summed E-state index contributed by atoms with van der Waals surface area (Å²) in [6, 6.07) is 0. The van der Waals surface area contributed by atoms with Gasteiger partial charge in [-0.2, -0.15) is 5.10 Å². The van der Waals surface area contributed by atoms with Crippen molar-refractivity contribution in [2.75, 3.05) is 13.1 Å². The van der Waals surface area contributed by atoms with Gasteiger partial charge in [0.25, 0.3) is 0 Å². The third kappa shape index (κ3) is 2.17. The molecule has 0 atom stereocenters. The zero-order valence-electron chi connectivity index (χ0n) is 5.99. The van der Waals surface area contributed by atoms with Gasteiger partial charge in [-0.25, -0.2) is 0 Å². The lowest BCUT2D eigenvalue weighted by atomic mass is 10.2. The van der Waals surface area contributed by atoms with E-state index >= 15 is 0 Å². The molecule has 10 heavy (non-hydrogen) atoms. The van der Waals surface area contributed by atoms with Crippen molar-refractivity contribution in [3.8, 4) is 0 Å². The fourth-order valence-electron chi connectivity index (χ4n) is 1.11. The van der Waals surface area contributed by atoms with Gasteiger partial charge in [0.15, 0.2) is 6.29 Å². The van der Waals surface area contributed by atoms with E-state index in [1.54, 1.807) is 0 Å². The first kappa shape index (κ1) is 7.25. The van der Waals surface area contributed by atoms with Crippen molar-refractivity contribution >= 4 is 12.5 Å². The lowest BCUT2D eigenvalue weighted by molar-refractivity contribution is -0.102. The van der Waals surface area contributed by atoms with Crippen molar-refractivity contribution in [2.24, 2.45) is 5.10 Å². The number of carbonyl (C=O) groups is 1. The first-order valence-electron chi connectivity index (χ1n) is 3.66. The number of rotatable bonds is 2. The average Bonchev–Trinajstić information content (AvgIpc) is 2.03. The Kier molecular flexibility index (Phi) is 2.93. The van der Waals surface area contributed by atoms with Crippen LogP contribution in [0.1, 0.15) is 19.3 Å². The topological polar surface area (TPSA) is 32.7 Å². The van der Waals surface area contributed by atoms with Crippen LogP contribution in [-0.2, 0) is 4.79 Å². The van der Waals surface area contributed by atoms with Gasteiger partial charge in [-0.1, -0.05) is 0 Å². The molecule has 0 aliphatic carbocycles. The van der Waals surface area contributed by atoms with Crippen LogP contribution in [0.4, 0.5) is 0 Å². The molecule has 0 aromatic carbocycles. The van der Waals surface area contributed by atoms with Gasteiger partial charge in [0.1, 0.15) is 0 Å². The number of hydrogen-bond acceptors (Lipinski definition) is 3. The molecule has 3 heteroatoms. The van der Waals surface area contributed by atoms with Crippen LogP contribution in [0.2, 0.25) is 0 Å². The largest absolute Gasteiger partial charge is 0.297 e. The fourth-order valence-corrected chi connectivity index (χ4v) is 1.11. The zero-order chi connectivity index (χ0) is 7.23. The van der Waals surface area contributed by atoms with Crippen LogP contribution in [0.25, 0.3) is 0 Å². The summed E-state index contributed by atoms with van der Waals surface area (Å²) in [5.41, 5.74) is 0. The molecule has 0 bridgehead atoms. The van der Waals surface area contributed by atoms with Gasteiger partial charge in [0.2, 0.25) is 0 Å². The first-order chi connectivity index (χ1) is 4.93. The number of hydrogen-bond donors (Lipinski definition) is 0. The summed E-state index contributed by atoms with van der Waals surface area (Å²) < 4.78 is 0. The molecule has 0 spiro atoms. The smallest absolute Gasteiger partial charge is 0.162 e. The number of piperidine rings is 1. The SMILES string of the molecule is O=CC=NN1CCCCC1. The van der Waals surface area contributed by atoms with E-state index in [2.05, 4.69) is 5.10 Å². The number of carbonyl (C=O) groups excluding carboxylic acids is 1. The summed E-state index contributed by atoms with van der Waals surface area (Å²) >= 11 is 0. The minimum atomic E-state index is 0.717. The molecule has 1 aliphatic rings. The van der Waals surface area contributed by atoms with Crippen molar-refractivity contribution in [2.45, 2.75) is 19.3 Å². The van der Waals surface area contributed by atoms with Crippen LogP contribution in [0.15, 0.2) is 5.10 Å². The molecule has 1 heterocycles. The molecular formula is C7H12N2O. The molecule has 0 saturated carbocycles. The summed E-state index contributed by atoms with van der Waals surface area (Å²) in [4.78, 5) is 9.87. The van der Waals surface area contributed by atoms with E-state index in [1.165, 1.54) is 25.5 Å². The van der Waals surface area contributed by atoms with Crippen LogP contribution in [0.3, 0.4) is 0 Å². The highest BCUT2D eigenvalue weighted by molar-refractivity contribution is 6.12. The summed E-state index contributed by atoms with van der Waals surface area (Å²) in [6.45, 7) is 2.01. The minimum Gasteiger partial charge on any atom is -0.297 e. The normalized spacial score (nSPS) is 19.8. The maximum absolute atomic E-state index is 9.87. The van der Waals surface area contributed by atoms with E-state index in [4.69, 9.17) is 0 Å². The summed E-state index contributed by atoms with van der Waals surface area (Å²) in [7, 11) is 0. The molecule has 3 nitrogen and oxygen atoms in total. The van der Waals surface area contributed by atoms with Crippen molar-refractivity contribution < 1.29 is 4.79 Å². The second-order valence-electron chi connectivity index (χ2n) is 2.41. The Balaban J connectivity index is 2.25. The van der Waals surface area contributed by atoms with Gasteiger partial charge in [0.05, 0.1) is 6.21 Å². The van der Waals surface area contributed by atoms with Crippen molar-refractivity contribution in [3.05, 3.63) is 0 Å². The second-order valence-corrected chi connectivity index (χ2v) is 2.41. The average molecular weight is 140 g/mol. The minimum absolute atomic E-state index is 0.717. The van der Waals surface area contributed by atoms with E-state index < -0.39 is 0 Å². The predicted octanol–water partition coefficient (Wildman–Crippen LogP) is 0.657. The molecule has 0 aromatic heterocycles. The summed E-state index contributed by atoms with van der Waals surface area (Å²) in [5.74, 6) is 0. The molecule has 0 amide bonds.